The van der Waals surface area contributed by atoms with Crippen LogP contribution in [0.4, 0.5) is 5.69 Å². The normalized spacial score (nSPS) is 11.8. The van der Waals surface area contributed by atoms with Crippen molar-refractivity contribution in [1.82, 2.24) is 4.98 Å². The van der Waals surface area contributed by atoms with E-state index in [1.807, 2.05) is 12.1 Å². The molecule has 7 nitrogen and oxygen atoms in total. The summed E-state index contributed by atoms with van der Waals surface area (Å²) in [6.45, 7) is 3.15. The Morgan fingerprint density at radius 2 is 2.06 bits per heavy atom. The van der Waals surface area contributed by atoms with Crippen molar-refractivity contribution in [2.75, 3.05) is 17.7 Å². The number of rotatable bonds is 11. The third-order valence-corrected chi connectivity index (χ3v) is 7.19. The van der Waals surface area contributed by atoms with E-state index in [0.29, 0.717) is 5.69 Å². The second kappa shape index (κ2) is 12.0. The first-order valence-corrected chi connectivity index (χ1v) is 12.8. The van der Waals surface area contributed by atoms with Crippen molar-refractivity contribution >= 4 is 68.2 Å². The quantitative estimate of drug-likeness (QED) is 0.300. The van der Waals surface area contributed by atoms with Crippen LogP contribution in [-0.2, 0) is 30.3 Å². The molecule has 10 heteroatoms. The Hall–Kier alpha value is -2.43. The Kier molecular flexibility index (Phi) is 9.07. The number of thiophene rings is 1. The van der Waals surface area contributed by atoms with E-state index < -0.39 is 18.0 Å². The molecule has 0 saturated heterocycles. The number of carbonyl (C=O) groups is 3. The predicted octanol–water partition coefficient (Wildman–Crippen LogP) is 4.91. The highest BCUT2D eigenvalue weighted by molar-refractivity contribution is 8.01. The zero-order chi connectivity index (χ0) is 22.9. The van der Waals surface area contributed by atoms with E-state index in [2.05, 4.69) is 27.1 Å². The molecule has 2 aromatic heterocycles. The molecule has 2 heterocycles. The van der Waals surface area contributed by atoms with Gasteiger partial charge in [0.15, 0.2) is 4.34 Å². The number of nitrogens with one attached hydrogen (secondary N) is 1. The fourth-order valence-electron chi connectivity index (χ4n) is 2.95. The van der Waals surface area contributed by atoms with Crippen LogP contribution in [0.2, 0.25) is 0 Å². The van der Waals surface area contributed by atoms with Gasteiger partial charge in [-0.2, -0.15) is 11.3 Å². The van der Waals surface area contributed by atoms with Crippen molar-refractivity contribution < 1.29 is 23.9 Å². The molecule has 0 saturated carbocycles. The minimum atomic E-state index is -0.870. The number of anilines is 1. The highest BCUT2D eigenvalue weighted by Gasteiger charge is 2.21. The van der Waals surface area contributed by atoms with Crippen molar-refractivity contribution in [3.8, 4) is 0 Å². The van der Waals surface area contributed by atoms with Gasteiger partial charge in [-0.3, -0.25) is 14.4 Å². The van der Waals surface area contributed by atoms with Crippen LogP contribution in [0.5, 0.6) is 0 Å². The number of amides is 1. The first-order chi connectivity index (χ1) is 15.4. The number of fused-ring (bicyclic) bond motifs is 1. The second-order valence-electron chi connectivity index (χ2n) is 6.89. The van der Waals surface area contributed by atoms with Gasteiger partial charge in [-0.1, -0.05) is 11.8 Å². The Morgan fingerprint density at radius 1 is 1.22 bits per heavy atom. The van der Waals surface area contributed by atoms with Gasteiger partial charge in [0, 0.05) is 18.4 Å². The zero-order valence-electron chi connectivity index (χ0n) is 17.8. The number of aryl methyl sites for hydroxylation is 1. The number of carbonyl (C=O) groups excluding carboxylic acids is 3. The summed E-state index contributed by atoms with van der Waals surface area (Å²) in [5, 5.41) is 7.05. The average Bonchev–Trinajstić information content (AvgIpc) is 3.36. The van der Waals surface area contributed by atoms with Gasteiger partial charge in [0.1, 0.15) is 6.10 Å². The molecular formula is C22H24N2O5S3. The molecule has 0 spiro atoms. The van der Waals surface area contributed by atoms with Crippen molar-refractivity contribution in [2.45, 2.75) is 43.6 Å². The van der Waals surface area contributed by atoms with Crippen LogP contribution in [0.3, 0.4) is 0 Å². The van der Waals surface area contributed by atoms with Crippen LogP contribution >= 0.6 is 34.4 Å². The second-order valence-corrected chi connectivity index (χ2v) is 10.0. The standard InChI is InChI=1S/C22H24N2O5S3/c1-3-28-21(27)12-17(29-14(2)25)11-20(26)23-16-4-5-18-19(10-16)32-22(24-18)31-9-7-15-6-8-30-13-15/h4-6,8,10,13,17H,3,7,9,11-12H2,1-2H3,(H,23,26). The minimum absolute atomic E-state index is 0.136. The first kappa shape index (κ1) is 24.2. The summed E-state index contributed by atoms with van der Waals surface area (Å²) >= 11 is 5.01. The SMILES string of the molecule is CCOC(=O)CC(CC(=O)Nc1ccc2nc(SCCc3ccsc3)sc2c1)OC(C)=O. The van der Waals surface area contributed by atoms with Gasteiger partial charge in [-0.05, 0) is 53.9 Å². The summed E-state index contributed by atoms with van der Waals surface area (Å²) in [6, 6.07) is 7.66. The van der Waals surface area contributed by atoms with Gasteiger partial charge in [0.05, 0.1) is 29.7 Å². The van der Waals surface area contributed by atoms with Crippen LogP contribution in [-0.4, -0.2) is 41.3 Å². The van der Waals surface area contributed by atoms with E-state index in [1.54, 1.807) is 47.4 Å². The Labute approximate surface area is 198 Å². The molecule has 170 valence electrons. The van der Waals surface area contributed by atoms with Gasteiger partial charge in [-0.15, -0.1) is 11.3 Å². The molecule has 1 atom stereocenters. The fraction of sp³-hybridized carbons (Fsp3) is 0.364. The van der Waals surface area contributed by atoms with E-state index in [9.17, 15) is 14.4 Å². The lowest BCUT2D eigenvalue weighted by molar-refractivity contribution is -0.153. The number of nitrogens with zero attached hydrogens (tertiary/aromatic N) is 1. The summed E-state index contributed by atoms with van der Waals surface area (Å²) in [6.07, 6.45) is -0.172. The van der Waals surface area contributed by atoms with Gasteiger partial charge < -0.3 is 14.8 Å². The zero-order valence-corrected chi connectivity index (χ0v) is 20.2. The number of aromatic nitrogens is 1. The molecule has 0 radical (unpaired) electrons. The summed E-state index contributed by atoms with van der Waals surface area (Å²) in [4.78, 5) is 40.1. The third-order valence-electron chi connectivity index (χ3n) is 4.29. The molecule has 0 aliphatic heterocycles. The van der Waals surface area contributed by atoms with E-state index in [4.69, 9.17) is 9.47 Å². The van der Waals surface area contributed by atoms with E-state index in [0.717, 1.165) is 26.7 Å². The molecule has 1 amide bonds. The van der Waals surface area contributed by atoms with E-state index >= 15 is 0 Å². The number of thiazole rings is 1. The Bertz CT molecular complexity index is 1060. The van der Waals surface area contributed by atoms with Crippen LogP contribution in [0.1, 0.15) is 32.3 Å². The Morgan fingerprint density at radius 3 is 2.78 bits per heavy atom. The minimum Gasteiger partial charge on any atom is -0.466 e. The fourth-order valence-corrected chi connectivity index (χ4v) is 5.82. The lowest BCUT2D eigenvalue weighted by atomic mass is 10.1. The highest BCUT2D eigenvalue weighted by Crippen LogP contribution is 2.31. The smallest absolute Gasteiger partial charge is 0.309 e. The van der Waals surface area contributed by atoms with Crippen molar-refractivity contribution in [1.29, 1.82) is 0 Å². The molecule has 3 rings (SSSR count). The molecule has 0 aliphatic carbocycles. The lowest BCUT2D eigenvalue weighted by Gasteiger charge is -2.16. The Balaban J connectivity index is 1.57. The third kappa shape index (κ3) is 7.61. The molecule has 1 unspecified atom stereocenters. The summed E-state index contributed by atoms with van der Waals surface area (Å²) in [7, 11) is 0. The monoisotopic (exact) mass is 492 g/mol. The summed E-state index contributed by atoms with van der Waals surface area (Å²) in [5.74, 6) is -0.461. The number of esters is 2. The topological polar surface area (TPSA) is 94.6 Å². The van der Waals surface area contributed by atoms with Gasteiger partial charge in [0.25, 0.3) is 0 Å². The maximum Gasteiger partial charge on any atom is 0.309 e. The summed E-state index contributed by atoms with van der Waals surface area (Å²) in [5.41, 5.74) is 2.84. The van der Waals surface area contributed by atoms with Crippen LogP contribution < -0.4 is 5.32 Å². The van der Waals surface area contributed by atoms with Gasteiger partial charge in [0.2, 0.25) is 5.91 Å². The maximum atomic E-state index is 12.5. The van der Waals surface area contributed by atoms with Gasteiger partial charge in [-0.25, -0.2) is 4.98 Å². The molecule has 1 N–H and O–H groups in total. The molecule has 0 fully saturated rings. The number of thioether (sulfide) groups is 1. The molecule has 3 aromatic rings. The molecular weight excluding hydrogens is 468 g/mol. The molecule has 32 heavy (non-hydrogen) atoms. The maximum absolute atomic E-state index is 12.5. The number of hydrogen-bond acceptors (Lipinski definition) is 9. The van der Waals surface area contributed by atoms with E-state index in [-0.39, 0.29) is 25.4 Å². The van der Waals surface area contributed by atoms with Crippen LogP contribution in [0.25, 0.3) is 10.2 Å². The number of hydrogen-bond donors (Lipinski definition) is 1. The van der Waals surface area contributed by atoms with Crippen LogP contribution in [0, 0.1) is 0 Å². The van der Waals surface area contributed by atoms with Crippen molar-refractivity contribution in [2.24, 2.45) is 0 Å². The predicted molar refractivity (Wildman–Crippen MR) is 128 cm³/mol. The van der Waals surface area contributed by atoms with Crippen molar-refractivity contribution in [3.63, 3.8) is 0 Å². The summed E-state index contributed by atoms with van der Waals surface area (Å²) < 4.78 is 12.0. The number of benzene rings is 1. The first-order valence-electron chi connectivity index (χ1n) is 10.1. The molecule has 0 aliphatic rings. The lowest BCUT2D eigenvalue weighted by Crippen LogP contribution is -2.27. The van der Waals surface area contributed by atoms with Gasteiger partial charge >= 0.3 is 11.9 Å². The average molecular weight is 493 g/mol. The van der Waals surface area contributed by atoms with Crippen LogP contribution in [0.15, 0.2) is 39.4 Å². The molecule has 1 aromatic carbocycles. The number of ether oxygens (including phenoxy) is 2. The van der Waals surface area contributed by atoms with E-state index in [1.165, 1.54) is 12.5 Å². The molecule has 0 bridgehead atoms. The largest absolute Gasteiger partial charge is 0.466 e. The van der Waals surface area contributed by atoms with Crippen molar-refractivity contribution in [3.05, 3.63) is 40.6 Å². The highest BCUT2D eigenvalue weighted by atomic mass is 32.2.